The number of likely N-dealkylation sites (tertiary alicyclic amines) is 1. The Balaban J connectivity index is 1.25. The van der Waals surface area contributed by atoms with Gasteiger partial charge in [0.25, 0.3) is 6.43 Å². The van der Waals surface area contributed by atoms with Crippen molar-refractivity contribution in [1.29, 1.82) is 0 Å². The van der Waals surface area contributed by atoms with E-state index in [4.69, 9.17) is 24.2 Å². The van der Waals surface area contributed by atoms with Gasteiger partial charge < -0.3 is 19.3 Å². The fourth-order valence-electron chi connectivity index (χ4n) is 8.08. The van der Waals surface area contributed by atoms with Gasteiger partial charge in [0, 0.05) is 55.5 Å². The Labute approximate surface area is 326 Å². The maximum atomic E-state index is 13.7. The number of alkyl halides is 2. The molecule has 0 radical (unpaired) electrons. The van der Waals surface area contributed by atoms with Crippen LogP contribution in [0.4, 0.5) is 8.78 Å². The van der Waals surface area contributed by atoms with Gasteiger partial charge in [-0.05, 0) is 101 Å². The Bertz CT molecular complexity index is 2090. The van der Waals surface area contributed by atoms with Crippen LogP contribution >= 0.6 is 10.8 Å². The summed E-state index contributed by atoms with van der Waals surface area (Å²) in [5.41, 5.74) is 1.45. The fraction of sp³-hybridized carbons (Fsp3) is 0.564. The maximum Gasteiger partial charge on any atom is 0.310 e. The number of piperidine rings is 1. The van der Waals surface area contributed by atoms with Gasteiger partial charge >= 0.3 is 5.97 Å². The van der Waals surface area contributed by atoms with Crippen LogP contribution in [-0.4, -0.2) is 106 Å². The summed E-state index contributed by atoms with van der Waals surface area (Å²) in [6.07, 6.45) is 4.81. The van der Waals surface area contributed by atoms with E-state index in [1.54, 1.807) is 49.5 Å². The van der Waals surface area contributed by atoms with E-state index in [9.17, 15) is 27.8 Å². The summed E-state index contributed by atoms with van der Waals surface area (Å²) >= 11 is 0. The molecule has 17 heteroatoms. The summed E-state index contributed by atoms with van der Waals surface area (Å²) in [4.78, 5) is 24.9. The SMILES string of the molecule is Cc1cnc(C(c2ccn3c(C(F)F)nnc3c2C)C(C)(C)C(=O)O)cc1CN1CC2(CCOCC2)Oc2nc(OCCN3CCCCC3)c(C)cc2S1(O)O. The number of hydrogen-bond donors (Lipinski definition) is 3. The van der Waals surface area contributed by atoms with Gasteiger partial charge in [0.1, 0.15) is 17.1 Å². The summed E-state index contributed by atoms with van der Waals surface area (Å²) in [7, 11) is -3.70. The molecule has 3 aliphatic heterocycles. The minimum absolute atomic E-state index is 0.0579. The number of nitrogens with zero attached hydrogens (tertiary/aromatic N) is 7. The van der Waals surface area contributed by atoms with Gasteiger partial charge in [-0.25, -0.2) is 8.78 Å². The lowest BCUT2D eigenvalue weighted by molar-refractivity contribution is -0.147. The second-order valence-corrected chi connectivity index (χ2v) is 17.8. The second kappa shape index (κ2) is 15.7. The molecule has 14 nitrogen and oxygen atoms in total. The molecular weight excluding hydrogens is 749 g/mol. The summed E-state index contributed by atoms with van der Waals surface area (Å²) in [6, 6.07) is 5.10. The van der Waals surface area contributed by atoms with Gasteiger partial charge in [-0.1, -0.05) is 6.42 Å². The first-order valence-electron chi connectivity index (χ1n) is 19.1. The molecule has 4 aromatic heterocycles. The number of halogens is 2. The first-order chi connectivity index (χ1) is 26.6. The van der Waals surface area contributed by atoms with E-state index in [2.05, 4.69) is 15.1 Å². The zero-order valence-electron chi connectivity index (χ0n) is 32.5. The van der Waals surface area contributed by atoms with Crippen LogP contribution in [0.25, 0.3) is 5.65 Å². The average Bonchev–Trinajstić information content (AvgIpc) is 3.58. The number of aromatic nitrogens is 5. The molecule has 3 aliphatic rings. The highest BCUT2D eigenvalue weighted by molar-refractivity contribution is 8.22. The van der Waals surface area contributed by atoms with Crippen LogP contribution in [0.5, 0.6) is 11.8 Å². The Morgan fingerprint density at radius 2 is 1.80 bits per heavy atom. The predicted octanol–water partition coefficient (Wildman–Crippen LogP) is 6.96. The van der Waals surface area contributed by atoms with E-state index in [-0.39, 0.29) is 29.5 Å². The van der Waals surface area contributed by atoms with Gasteiger partial charge in [-0.15, -0.1) is 21.0 Å². The molecule has 304 valence electrons. The molecule has 0 aromatic carbocycles. The molecule has 1 unspecified atom stereocenters. The van der Waals surface area contributed by atoms with Crippen LogP contribution in [0.2, 0.25) is 0 Å². The summed E-state index contributed by atoms with van der Waals surface area (Å²) in [5.74, 6) is -1.94. The summed E-state index contributed by atoms with van der Waals surface area (Å²) in [5, 5.41) is 18.2. The smallest absolute Gasteiger partial charge is 0.310 e. The molecule has 0 aliphatic carbocycles. The van der Waals surface area contributed by atoms with Crippen LogP contribution in [0.1, 0.15) is 97.6 Å². The quantitative estimate of drug-likeness (QED) is 0.143. The minimum atomic E-state index is -3.70. The lowest BCUT2D eigenvalue weighted by Crippen LogP contribution is -2.49. The van der Waals surface area contributed by atoms with E-state index in [0.29, 0.717) is 66.5 Å². The Morgan fingerprint density at radius 3 is 2.50 bits per heavy atom. The second-order valence-electron chi connectivity index (χ2n) is 15.8. The molecule has 0 saturated carbocycles. The number of hydrogen-bond acceptors (Lipinski definition) is 12. The molecule has 4 aromatic rings. The van der Waals surface area contributed by atoms with Crippen LogP contribution in [0.15, 0.2) is 35.5 Å². The monoisotopic (exact) mass is 799 g/mol. The lowest BCUT2D eigenvalue weighted by atomic mass is 9.71. The third-order valence-corrected chi connectivity index (χ3v) is 13.4. The molecule has 56 heavy (non-hydrogen) atoms. The lowest BCUT2D eigenvalue weighted by Gasteiger charge is -2.44. The third kappa shape index (κ3) is 7.68. The van der Waals surface area contributed by atoms with Crippen LogP contribution in [-0.2, 0) is 16.1 Å². The highest BCUT2D eigenvalue weighted by Gasteiger charge is 2.47. The first-order valence-corrected chi connectivity index (χ1v) is 20.6. The van der Waals surface area contributed by atoms with Gasteiger partial charge in [0.05, 0.1) is 25.2 Å². The van der Waals surface area contributed by atoms with E-state index >= 15 is 0 Å². The molecule has 1 spiro atoms. The first kappa shape index (κ1) is 40.2. The van der Waals surface area contributed by atoms with Gasteiger partial charge in [0.15, 0.2) is 5.65 Å². The van der Waals surface area contributed by atoms with Crippen molar-refractivity contribution in [3.63, 3.8) is 0 Å². The standard InChI is InChI=1S/C39H51F2N7O7S/c1-24-19-30-36(43-35(24)54-18-15-46-12-7-6-8-13-46)55-39(10-16-53-17-11-39)23-47(56(30,51)52)22-27-20-29(42-21-25(27)2)31(38(4,5)37(49)50)28-9-14-48-33(26(28)3)44-45-34(48)32(40)41/h9,14,19-21,31-32,51-52H,6-8,10-13,15-18,22-23H2,1-5H3,(H,49,50). The van der Waals surface area contributed by atoms with Gasteiger partial charge in [-0.3, -0.25) is 28.2 Å². The zero-order chi connectivity index (χ0) is 40.0. The number of aliphatic carboxylic acids is 1. The highest BCUT2D eigenvalue weighted by Crippen LogP contribution is 2.59. The van der Waals surface area contributed by atoms with Gasteiger partial charge in [0.2, 0.25) is 17.6 Å². The zero-order valence-corrected chi connectivity index (χ0v) is 33.3. The van der Waals surface area contributed by atoms with Crippen LogP contribution in [0.3, 0.4) is 0 Å². The predicted molar refractivity (Wildman–Crippen MR) is 205 cm³/mol. The third-order valence-electron chi connectivity index (χ3n) is 11.6. The van der Waals surface area contributed by atoms with Crippen LogP contribution in [0, 0.1) is 26.2 Å². The number of aryl methyl sites for hydroxylation is 3. The maximum absolute atomic E-state index is 13.7. The normalized spacial score (nSPS) is 20.0. The summed E-state index contributed by atoms with van der Waals surface area (Å²) in [6.45, 7) is 12.9. The number of carboxylic acids is 1. The molecule has 2 saturated heterocycles. The molecular formula is C39H51F2N7O7S. The van der Waals surface area contributed by atoms with Crippen molar-refractivity contribution in [2.24, 2.45) is 5.41 Å². The fourth-order valence-corrected chi connectivity index (χ4v) is 9.75. The Morgan fingerprint density at radius 1 is 1.07 bits per heavy atom. The highest BCUT2D eigenvalue weighted by atomic mass is 32.3. The molecule has 0 amide bonds. The molecule has 0 bridgehead atoms. The van der Waals surface area contributed by atoms with Crippen molar-refractivity contribution in [1.82, 2.24) is 33.8 Å². The van der Waals surface area contributed by atoms with E-state index < -0.39 is 45.9 Å². The van der Waals surface area contributed by atoms with Crippen molar-refractivity contribution >= 4 is 22.4 Å². The summed E-state index contributed by atoms with van der Waals surface area (Å²) < 4.78 is 73.3. The molecule has 1 atom stereocenters. The van der Waals surface area contributed by atoms with Crippen molar-refractivity contribution in [3.8, 4) is 11.8 Å². The molecule has 7 heterocycles. The number of carboxylic acid groups (broad SMARTS) is 1. The number of rotatable bonds is 11. The Kier molecular flexibility index (Phi) is 11.3. The van der Waals surface area contributed by atoms with E-state index in [0.717, 1.165) is 25.2 Å². The number of ether oxygens (including phenoxy) is 3. The molecule has 7 rings (SSSR count). The van der Waals surface area contributed by atoms with E-state index in [1.165, 1.54) is 29.9 Å². The Hall–Kier alpha value is -4.00. The topological polar surface area (TPSA) is 168 Å². The largest absolute Gasteiger partial charge is 0.481 e. The molecule has 2 fully saturated rings. The number of carbonyl (C=O) groups is 1. The van der Waals surface area contributed by atoms with E-state index in [1.807, 2.05) is 13.8 Å². The number of pyridine rings is 3. The molecule has 3 N–H and O–H groups in total. The van der Waals surface area contributed by atoms with Crippen molar-refractivity contribution in [2.45, 2.75) is 96.1 Å². The van der Waals surface area contributed by atoms with Crippen molar-refractivity contribution in [3.05, 3.63) is 69.9 Å². The number of fused-ring (bicyclic) bond motifs is 2. The average molecular weight is 800 g/mol. The van der Waals surface area contributed by atoms with Crippen molar-refractivity contribution in [2.75, 3.05) is 46.0 Å². The minimum Gasteiger partial charge on any atom is -0.481 e. The van der Waals surface area contributed by atoms with Crippen molar-refractivity contribution < 1.29 is 42.0 Å². The van der Waals surface area contributed by atoms with Crippen LogP contribution < -0.4 is 9.47 Å². The van der Waals surface area contributed by atoms with Gasteiger partial charge in [-0.2, -0.15) is 9.29 Å².